The molecule has 1 unspecified atom stereocenters. The van der Waals surface area contributed by atoms with Crippen molar-refractivity contribution in [2.24, 2.45) is 5.73 Å². The maximum Gasteiger partial charge on any atom is 0.282 e. The Hall–Kier alpha value is -2.02. The number of nitro benzene ring substituents is 1. The van der Waals surface area contributed by atoms with Gasteiger partial charge in [0.1, 0.15) is 11.4 Å². The summed E-state index contributed by atoms with van der Waals surface area (Å²) in [6.07, 6.45) is 3.32. The monoisotopic (exact) mass is 295 g/mol. The van der Waals surface area contributed by atoms with Gasteiger partial charge in [-0.15, -0.1) is 0 Å². The standard InChI is InChI=1S/C14H18FN3O3/c15-10-4-5-13(18(20)21)12(9-10)14(19)17-8-2-1-3-11(17)6-7-16/h4-5,9,11H,1-3,6-8,16H2. The molecule has 1 aliphatic heterocycles. The molecule has 0 radical (unpaired) electrons. The lowest BCUT2D eigenvalue weighted by atomic mass is 9.98. The lowest BCUT2D eigenvalue weighted by molar-refractivity contribution is -0.385. The van der Waals surface area contributed by atoms with Crippen molar-refractivity contribution in [2.45, 2.75) is 31.7 Å². The number of nitro groups is 1. The van der Waals surface area contributed by atoms with E-state index in [4.69, 9.17) is 5.73 Å². The molecule has 1 fully saturated rings. The zero-order chi connectivity index (χ0) is 15.4. The Bertz CT molecular complexity index is 548. The summed E-state index contributed by atoms with van der Waals surface area (Å²) in [6.45, 7) is 0.969. The zero-order valence-electron chi connectivity index (χ0n) is 11.6. The van der Waals surface area contributed by atoms with Crippen LogP contribution in [0.3, 0.4) is 0 Å². The highest BCUT2D eigenvalue weighted by Gasteiger charge is 2.31. The number of likely N-dealkylation sites (tertiary alicyclic amines) is 1. The molecule has 0 aliphatic carbocycles. The van der Waals surface area contributed by atoms with E-state index in [1.807, 2.05) is 0 Å². The summed E-state index contributed by atoms with van der Waals surface area (Å²) in [4.78, 5) is 24.5. The molecule has 2 N–H and O–H groups in total. The number of rotatable bonds is 4. The van der Waals surface area contributed by atoms with E-state index >= 15 is 0 Å². The van der Waals surface area contributed by atoms with E-state index in [-0.39, 0.29) is 17.3 Å². The van der Waals surface area contributed by atoms with Crippen molar-refractivity contribution in [2.75, 3.05) is 13.1 Å². The Balaban J connectivity index is 2.33. The van der Waals surface area contributed by atoms with E-state index in [0.717, 1.165) is 37.5 Å². The van der Waals surface area contributed by atoms with Crippen molar-refractivity contribution in [3.8, 4) is 0 Å². The number of hydrogen-bond donors (Lipinski definition) is 1. The number of halogens is 1. The van der Waals surface area contributed by atoms with Gasteiger partial charge in [-0.3, -0.25) is 14.9 Å². The third-order valence-electron chi connectivity index (χ3n) is 3.77. The number of hydrogen-bond acceptors (Lipinski definition) is 4. The van der Waals surface area contributed by atoms with Crippen LogP contribution in [0.15, 0.2) is 18.2 Å². The van der Waals surface area contributed by atoms with Crippen LogP contribution in [0, 0.1) is 15.9 Å². The minimum Gasteiger partial charge on any atom is -0.335 e. The summed E-state index contributed by atoms with van der Waals surface area (Å²) in [5, 5.41) is 11.0. The van der Waals surface area contributed by atoms with Crippen molar-refractivity contribution in [1.82, 2.24) is 4.90 Å². The van der Waals surface area contributed by atoms with Crippen LogP contribution in [-0.2, 0) is 0 Å². The van der Waals surface area contributed by atoms with Gasteiger partial charge in [0.2, 0.25) is 0 Å². The number of piperidine rings is 1. The van der Waals surface area contributed by atoms with Crippen LogP contribution < -0.4 is 5.73 Å². The van der Waals surface area contributed by atoms with E-state index in [1.165, 1.54) is 0 Å². The fourth-order valence-corrected chi connectivity index (χ4v) is 2.75. The van der Waals surface area contributed by atoms with Crippen LogP contribution in [0.4, 0.5) is 10.1 Å². The highest BCUT2D eigenvalue weighted by molar-refractivity contribution is 5.98. The summed E-state index contributed by atoms with van der Waals surface area (Å²) >= 11 is 0. The molecular weight excluding hydrogens is 277 g/mol. The Morgan fingerprint density at radius 2 is 2.24 bits per heavy atom. The Morgan fingerprint density at radius 3 is 2.90 bits per heavy atom. The second kappa shape index (κ2) is 6.62. The average molecular weight is 295 g/mol. The van der Waals surface area contributed by atoms with E-state index in [9.17, 15) is 19.3 Å². The second-order valence-electron chi connectivity index (χ2n) is 5.14. The van der Waals surface area contributed by atoms with Crippen molar-refractivity contribution >= 4 is 11.6 Å². The van der Waals surface area contributed by atoms with Gasteiger partial charge in [0, 0.05) is 18.7 Å². The van der Waals surface area contributed by atoms with Gasteiger partial charge in [0.25, 0.3) is 11.6 Å². The molecule has 6 nitrogen and oxygen atoms in total. The molecule has 1 amide bonds. The first-order chi connectivity index (χ1) is 10.0. The molecule has 1 saturated heterocycles. The van der Waals surface area contributed by atoms with E-state index in [2.05, 4.69) is 0 Å². The van der Waals surface area contributed by atoms with Crippen LogP contribution >= 0.6 is 0 Å². The van der Waals surface area contributed by atoms with Crippen LogP contribution in [0.2, 0.25) is 0 Å². The van der Waals surface area contributed by atoms with Gasteiger partial charge < -0.3 is 10.6 Å². The van der Waals surface area contributed by atoms with Crippen LogP contribution in [-0.4, -0.2) is 34.9 Å². The molecule has 7 heteroatoms. The van der Waals surface area contributed by atoms with Gasteiger partial charge in [-0.1, -0.05) is 0 Å². The highest BCUT2D eigenvalue weighted by Crippen LogP contribution is 2.26. The number of amides is 1. The van der Waals surface area contributed by atoms with Crippen LogP contribution in [0.1, 0.15) is 36.0 Å². The summed E-state index contributed by atoms with van der Waals surface area (Å²) in [6, 6.07) is 2.93. The lowest BCUT2D eigenvalue weighted by Gasteiger charge is -2.35. The molecule has 0 saturated carbocycles. The van der Waals surface area contributed by atoms with Crippen molar-refractivity contribution in [3.63, 3.8) is 0 Å². The Morgan fingerprint density at radius 1 is 1.48 bits per heavy atom. The van der Waals surface area contributed by atoms with Gasteiger partial charge >= 0.3 is 0 Å². The largest absolute Gasteiger partial charge is 0.335 e. The smallest absolute Gasteiger partial charge is 0.282 e. The van der Waals surface area contributed by atoms with Gasteiger partial charge in [0.05, 0.1) is 4.92 Å². The summed E-state index contributed by atoms with van der Waals surface area (Å²) in [5.41, 5.74) is 5.00. The zero-order valence-corrected chi connectivity index (χ0v) is 11.6. The summed E-state index contributed by atoms with van der Waals surface area (Å²) in [5.74, 6) is -1.14. The fraction of sp³-hybridized carbons (Fsp3) is 0.500. The molecule has 1 aromatic rings. The van der Waals surface area contributed by atoms with Gasteiger partial charge in [0.15, 0.2) is 0 Å². The normalized spacial score (nSPS) is 18.6. The number of nitrogens with two attached hydrogens (primary N) is 1. The van der Waals surface area contributed by atoms with Crippen LogP contribution in [0.5, 0.6) is 0 Å². The number of carbonyl (C=O) groups is 1. The topological polar surface area (TPSA) is 89.5 Å². The summed E-state index contributed by atoms with van der Waals surface area (Å²) in [7, 11) is 0. The SMILES string of the molecule is NCCC1CCCCN1C(=O)c1cc(F)ccc1[N+](=O)[O-]. The molecule has 0 bridgehead atoms. The first-order valence-electron chi connectivity index (χ1n) is 6.99. The van der Waals surface area contributed by atoms with Crippen molar-refractivity contribution in [3.05, 3.63) is 39.7 Å². The highest BCUT2D eigenvalue weighted by atomic mass is 19.1. The maximum atomic E-state index is 13.4. The van der Waals surface area contributed by atoms with Crippen LogP contribution in [0.25, 0.3) is 0 Å². The second-order valence-corrected chi connectivity index (χ2v) is 5.14. The number of carbonyl (C=O) groups excluding carboxylic acids is 1. The first kappa shape index (κ1) is 15.4. The molecule has 114 valence electrons. The van der Waals surface area contributed by atoms with Gasteiger partial charge in [-0.2, -0.15) is 0 Å². The molecular formula is C14H18FN3O3. The minimum atomic E-state index is -0.658. The van der Waals surface area contributed by atoms with Gasteiger partial charge in [-0.25, -0.2) is 4.39 Å². The molecule has 1 aliphatic rings. The van der Waals surface area contributed by atoms with E-state index in [1.54, 1.807) is 4.90 Å². The van der Waals surface area contributed by atoms with E-state index < -0.39 is 16.6 Å². The molecule has 21 heavy (non-hydrogen) atoms. The lowest BCUT2D eigenvalue weighted by Crippen LogP contribution is -2.44. The summed E-state index contributed by atoms with van der Waals surface area (Å²) < 4.78 is 13.4. The maximum absolute atomic E-state index is 13.4. The Labute approximate surface area is 121 Å². The third-order valence-corrected chi connectivity index (χ3v) is 3.77. The molecule has 0 aromatic heterocycles. The van der Waals surface area contributed by atoms with E-state index in [0.29, 0.717) is 19.5 Å². The quantitative estimate of drug-likeness (QED) is 0.680. The van der Waals surface area contributed by atoms with Gasteiger partial charge in [-0.05, 0) is 44.4 Å². The molecule has 2 rings (SSSR count). The predicted octanol–water partition coefficient (Wildman–Crippen LogP) is 2.08. The predicted molar refractivity (Wildman–Crippen MR) is 75.4 cm³/mol. The van der Waals surface area contributed by atoms with Crippen molar-refractivity contribution in [1.29, 1.82) is 0 Å². The first-order valence-corrected chi connectivity index (χ1v) is 6.99. The number of nitrogens with zero attached hydrogens (tertiary/aromatic N) is 2. The number of benzene rings is 1. The molecule has 1 heterocycles. The van der Waals surface area contributed by atoms with Crippen molar-refractivity contribution < 1.29 is 14.1 Å². The molecule has 1 aromatic carbocycles. The fourth-order valence-electron chi connectivity index (χ4n) is 2.75. The minimum absolute atomic E-state index is 0.0286. The average Bonchev–Trinajstić information content (AvgIpc) is 2.47. The third kappa shape index (κ3) is 3.36. The Kier molecular flexibility index (Phi) is 4.85. The molecule has 0 spiro atoms. The molecule has 1 atom stereocenters.